The molecule has 1 nitrogen and oxygen atoms in total. The number of hydrogen-bond donors (Lipinski definition) is 0. The molecule has 3 heteroatoms. The summed E-state index contributed by atoms with van der Waals surface area (Å²) in [5.41, 5.74) is 0. The summed E-state index contributed by atoms with van der Waals surface area (Å²) in [5.74, 6) is 0. The molecule has 0 aliphatic carbocycles. The second-order valence-corrected chi connectivity index (χ2v) is 3.76. The minimum atomic E-state index is -1.13. The van der Waals surface area contributed by atoms with Crippen LogP contribution in [0.5, 0.6) is 0 Å². The van der Waals surface area contributed by atoms with Gasteiger partial charge in [-0.3, -0.25) is 0 Å². The Morgan fingerprint density at radius 2 is 1.88 bits per heavy atom. The summed E-state index contributed by atoms with van der Waals surface area (Å²) in [7, 11) is 4.19. The molecule has 0 radical (unpaired) electrons. The Bertz CT molecular complexity index is 54.4. The minimum absolute atomic E-state index is 0.191. The van der Waals surface area contributed by atoms with Crippen LogP contribution in [0.15, 0.2) is 0 Å². The molecule has 0 fully saturated rings. The molecule has 0 aromatic rings. The van der Waals surface area contributed by atoms with Gasteiger partial charge in [0.2, 0.25) is 0 Å². The highest BCUT2D eigenvalue weighted by Gasteiger charge is 2.15. The van der Waals surface area contributed by atoms with Crippen molar-refractivity contribution in [2.24, 2.45) is 0 Å². The predicted molar refractivity (Wildman–Crippen MR) is 38.4 cm³/mol. The normalized spacial score (nSPS) is 14.6. The SMILES string of the molecule is CCC(CC)[S+]([O-])Cl. The van der Waals surface area contributed by atoms with Crippen molar-refractivity contribution < 1.29 is 4.55 Å². The second kappa shape index (κ2) is 4.48. The molecule has 0 N–H and O–H groups in total. The van der Waals surface area contributed by atoms with Crippen LogP contribution in [0.2, 0.25) is 0 Å². The third kappa shape index (κ3) is 2.80. The quantitative estimate of drug-likeness (QED) is 0.571. The average Bonchev–Trinajstić information content (AvgIpc) is 1.69. The molecular weight excluding hydrogens is 144 g/mol. The Balaban J connectivity index is 3.35. The van der Waals surface area contributed by atoms with Crippen molar-refractivity contribution in [3.8, 4) is 0 Å². The summed E-state index contributed by atoms with van der Waals surface area (Å²) in [6.45, 7) is 3.99. The van der Waals surface area contributed by atoms with Crippen LogP contribution in [0.1, 0.15) is 26.7 Å². The standard InChI is InChI=1S/C5H11ClOS/c1-3-5(4-2)8(6)7/h5H,3-4H2,1-2H3. The smallest absolute Gasteiger partial charge is 0.174 e. The molecule has 0 saturated heterocycles. The zero-order valence-corrected chi connectivity index (χ0v) is 6.76. The molecule has 8 heavy (non-hydrogen) atoms. The van der Waals surface area contributed by atoms with Gasteiger partial charge in [0.25, 0.3) is 0 Å². The summed E-state index contributed by atoms with van der Waals surface area (Å²) < 4.78 is 10.5. The van der Waals surface area contributed by atoms with E-state index in [2.05, 4.69) is 0 Å². The van der Waals surface area contributed by atoms with Crippen LogP contribution in [0.25, 0.3) is 0 Å². The van der Waals surface area contributed by atoms with E-state index in [1.54, 1.807) is 0 Å². The molecule has 0 aliphatic rings. The summed E-state index contributed by atoms with van der Waals surface area (Å²) in [4.78, 5) is 0. The highest BCUT2D eigenvalue weighted by atomic mass is 35.7. The van der Waals surface area contributed by atoms with Gasteiger partial charge >= 0.3 is 0 Å². The Kier molecular flexibility index (Phi) is 4.81. The van der Waals surface area contributed by atoms with E-state index in [1.165, 1.54) is 0 Å². The lowest BCUT2D eigenvalue weighted by molar-refractivity contribution is 0.585. The molecule has 0 amide bonds. The van der Waals surface area contributed by atoms with Gasteiger partial charge in [-0.15, -0.1) is 0 Å². The van der Waals surface area contributed by atoms with E-state index >= 15 is 0 Å². The maximum absolute atomic E-state index is 10.5. The molecule has 0 saturated carbocycles. The van der Waals surface area contributed by atoms with E-state index in [9.17, 15) is 4.55 Å². The summed E-state index contributed by atoms with van der Waals surface area (Å²) in [5, 5.41) is 0.191. The Labute approximate surface area is 58.1 Å². The van der Waals surface area contributed by atoms with Gasteiger partial charge < -0.3 is 4.55 Å². The lowest BCUT2D eigenvalue weighted by Gasteiger charge is -2.09. The maximum Gasteiger partial charge on any atom is 0.174 e. The highest BCUT2D eigenvalue weighted by Crippen LogP contribution is 2.13. The van der Waals surface area contributed by atoms with Crippen LogP contribution in [-0.4, -0.2) is 9.80 Å². The molecule has 0 heterocycles. The van der Waals surface area contributed by atoms with Gasteiger partial charge in [0.05, 0.1) is 10.4 Å². The van der Waals surface area contributed by atoms with Crippen LogP contribution < -0.4 is 0 Å². The van der Waals surface area contributed by atoms with Gasteiger partial charge in [0, 0.05) is 0 Å². The molecule has 0 bridgehead atoms. The Hall–Kier alpha value is 0.600. The predicted octanol–water partition coefficient (Wildman–Crippen LogP) is 2.08. The fourth-order valence-corrected chi connectivity index (χ4v) is 1.83. The van der Waals surface area contributed by atoms with Gasteiger partial charge in [0.1, 0.15) is 5.25 Å². The first-order chi connectivity index (χ1) is 3.72. The van der Waals surface area contributed by atoms with Crippen LogP contribution in [-0.2, 0) is 10.4 Å². The van der Waals surface area contributed by atoms with E-state index in [4.69, 9.17) is 10.7 Å². The van der Waals surface area contributed by atoms with E-state index in [0.717, 1.165) is 12.8 Å². The van der Waals surface area contributed by atoms with Crippen LogP contribution in [0, 0.1) is 0 Å². The number of hydrogen-bond acceptors (Lipinski definition) is 1. The summed E-state index contributed by atoms with van der Waals surface area (Å²) in [6, 6.07) is 0. The van der Waals surface area contributed by atoms with E-state index in [-0.39, 0.29) is 5.25 Å². The molecule has 0 aromatic heterocycles. The molecule has 1 unspecified atom stereocenters. The molecule has 0 spiro atoms. The lowest BCUT2D eigenvalue weighted by atomic mass is 10.3. The van der Waals surface area contributed by atoms with Crippen molar-refractivity contribution >= 4 is 21.1 Å². The molecule has 1 atom stereocenters. The van der Waals surface area contributed by atoms with Crippen molar-refractivity contribution in [1.82, 2.24) is 0 Å². The second-order valence-electron chi connectivity index (χ2n) is 1.69. The summed E-state index contributed by atoms with van der Waals surface area (Å²) in [6.07, 6.45) is 1.82. The third-order valence-corrected chi connectivity index (χ3v) is 3.12. The third-order valence-electron chi connectivity index (χ3n) is 1.17. The van der Waals surface area contributed by atoms with Crippen molar-refractivity contribution in [2.45, 2.75) is 31.9 Å². The topological polar surface area (TPSA) is 23.1 Å². The van der Waals surface area contributed by atoms with Crippen molar-refractivity contribution in [3.63, 3.8) is 0 Å². The van der Waals surface area contributed by atoms with Gasteiger partial charge in [-0.25, -0.2) is 0 Å². The Morgan fingerprint density at radius 1 is 1.50 bits per heavy atom. The van der Waals surface area contributed by atoms with E-state index in [1.807, 2.05) is 13.8 Å². The Morgan fingerprint density at radius 3 is 1.88 bits per heavy atom. The average molecular weight is 155 g/mol. The van der Waals surface area contributed by atoms with Crippen molar-refractivity contribution in [3.05, 3.63) is 0 Å². The van der Waals surface area contributed by atoms with Gasteiger partial charge in [-0.2, -0.15) is 0 Å². The molecule has 0 rings (SSSR count). The number of rotatable bonds is 3. The largest absolute Gasteiger partial charge is 0.599 e. The summed E-state index contributed by atoms with van der Waals surface area (Å²) >= 11 is 0. The van der Waals surface area contributed by atoms with E-state index < -0.39 is 10.4 Å². The van der Waals surface area contributed by atoms with Gasteiger partial charge in [-0.1, -0.05) is 13.8 Å². The fourth-order valence-electron chi connectivity index (χ4n) is 0.551. The number of halogens is 1. The first kappa shape index (κ1) is 8.60. The lowest BCUT2D eigenvalue weighted by Crippen LogP contribution is -2.12. The fraction of sp³-hybridized carbons (Fsp3) is 1.00. The monoisotopic (exact) mass is 154 g/mol. The van der Waals surface area contributed by atoms with Crippen LogP contribution in [0.4, 0.5) is 0 Å². The zero-order valence-electron chi connectivity index (χ0n) is 5.19. The molecule has 50 valence electrons. The zero-order chi connectivity index (χ0) is 6.57. The first-order valence-corrected chi connectivity index (χ1v) is 4.83. The minimum Gasteiger partial charge on any atom is -0.599 e. The van der Waals surface area contributed by atoms with Crippen molar-refractivity contribution in [1.29, 1.82) is 0 Å². The van der Waals surface area contributed by atoms with Crippen LogP contribution >= 0.6 is 10.7 Å². The van der Waals surface area contributed by atoms with Crippen LogP contribution in [0.3, 0.4) is 0 Å². The van der Waals surface area contributed by atoms with Crippen molar-refractivity contribution in [2.75, 3.05) is 0 Å². The molecule has 0 aromatic carbocycles. The molecular formula is C5H11ClOS. The first-order valence-electron chi connectivity index (χ1n) is 2.79. The highest BCUT2D eigenvalue weighted by molar-refractivity contribution is 8.14. The van der Waals surface area contributed by atoms with Gasteiger partial charge in [-0.05, 0) is 12.8 Å². The van der Waals surface area contributed by atoms with Gasteiger partial charge in [0.15, 0.2) is 10.7 Å². The molecule has 0 aliphatic heterocycles. The maximum atomic E-state index is 10.5. The van der Waals surface area contributed by atoms with E-state index in [0.29, 0.717) is 0 Å².